The molecule has 0 bridgehead atoms. The van der Waals surface area contributed by atoms with Crippen molar-refractivity contribution >= 4 is 48.8 Å². The molecule has 0 amide bonds. The van der Waals surface area contributed by atoms with Crippen molar-refractivity contribution in [2.45, 2.75) is 0 Å². The number of benzene rings is 9. The van der Waals surface area contributed by atoms with Gasteiger partial charge in [0.2, 0.25) is 0 Å². The van der Waals surface area contributed by atoms with Crippen molar-refractivity contribution < 1.29 is 0 Å². The number of fused-ring (bicyclic) bond motifs is 8. The van der Waals surface area contributed by atoms with E-state index in [0.29, 0.717) is 16.8 Å². The first-order valence-electron chi connectivity index (χ1n) is 17.2. The Labute approximate surface area is 300 Å². The van der Waals surface area contributed by atoms with Crippen LogP contribution in [0.1, 0.15) is 11.1 Å². The van der Waals surface area contributed by atoms with Gasteiger partial charge in [-0.05, 0) is 136 Å². The van der Waals surface area contributed by atoms with E-state index in [0.717, 1.165) is 65.7 Å². The van der Waals surface area contributed by atoms with Gasteiger partial charge in [-0.2, -0.15) is 10.5 Å². The molecular formula is C49H25N3. The Kier molecular flexibility index (Phi) is 6.37. The second-order valence-electron chi connectivity index (χ2n) is 13.3. The molecular weight excluding hydrogens is 631 g/mol. The van der Waals surface area contributed by atoms with E-state index in [1.807, 2.05) is 66.7 Å². The molecule has 1 aliphatic carbocycles. The van der Waals surface area contributed by atoms with E-state index < -0.39 is 0 Å². The Hall–Kier alpha value is -7.51. The molecule has 0 aliphatic heterocycles. The van der Waals surface area contributed by atoms with Crippen LogP contribution in [0, 0.1) is 29.2 Å². The number of hydrogen-bond donors (Lipinski definition) is 0. The van der Waals surface area contributed by atoms with Gasteiger partial charge in [-0.15, -0.1) is 0 Å². The monoisotopic (exact) mass is 655 g/mol. The molecule has 0 atom stereocenters. The zero-order valence-corrected chi connectivity index (χ0v) is 27.8. The summed E-state index contributed by atoms with van der Waals surface area (Å²) in [5.74, 6) is 0. The fraction of sp³-hybridized carbons (Fsp3) is 0. The lowest BCUT2D eigenvalue weighted by Gasteiger charge is -2.18. The predicted molar refractivity (Wildman–Crippen MR) is 213 cm³/mol. The zero-order chi connectivity index (χ0) is 34.9. The Morgan fingerprint density at radius 2 is 0.942 bits per heavy atom. The molecule has 52 heavy (non-hydrogen) atoms. The lowest BCUT2D eigenvalue weighted by atomic mass is 9.85. The van der Waals surface area contributed by atoms with Crippen LogP contribution in [0.15, 0.2) is 152 Å². The molecule has 0 radical (unpaired) electrons. The van der Waals surface area contributed by atoms with Crippen molar-refractivity contribution in [1.82, 2.24) is 0 Å². The first kappa shape index (κ1) is 29.4. The minimum absolute atomic E-state index is 0.616. The Balaban J connectivity index is 1.34. The van der Waals surface area contributed by atoms with Crippen LogP contribution in [0.25, 0.3) is 104 Å². The van der Waals surface area contributed by atoms with Crippen LogP contribution >= 0.6 is 0 Å². The van der Waals surface area contributed by atoms with Crippen LogP contribution in [0.3, 0.4) is 0 Å². The molecule has 0 unspecified atom stereocenters. The molecule has 10 rings (SSSR count). The maximum Gasteiger partial charge on any atom is 0.194 e. The maximum absolute atomic E-state index is 10.1. The summed E-state index contributed by atoms with van der Waals surface area (Å²) in [6.45, 7) is 8.08. The van der Waals surface area contributed by atoms with E-state index in [9.17, 15) is 10.5 Å². The van der Waals surface area contributed by atoms with Gasteiger partial charge in [0.25, 0.3) is 0 Å². The van der Waals surface area contributed by atoms with Crippen molar-refractivity contribution in [3.8, 4) is 67.8 Å². The van der Waals surface area contributed by atoms with Crippen LogP contribution in [0.5, 0.6) is 0 Å². The molecule has 0 N–H and O–H groups in total. The number of rotatable bonds is 3. The van der Waals surface area contributed by atoms with Gasteiger partial charge in [0.1, 0.15) is 0 Å². The van der Waals surface area contributed by atoms with E-state index in [1.54, 1.807) is 0 Å². The highest BCUT2D eigenvalue weighted by molar-refractivity contribution is 6.28. The molecule has 1 aliphatic rings. The summed E-state index contributed by atoms with van der Waals surface area (Å²) in [6.07, 6.45) is 0. The van der Waals surface area contributed by atoms with Gasteiger partial charge in [-0.25, -0.2) is 4.85 Å². The van der Waals surface area contributed by atoms with Crippen LogP contribution in [-0.4, -0.2) is 0 Å². The topological polar surface area (TPSA) is 51.9 Å². The van der Waals surface area contributed by atoms with Crippen LogP contribution < -0.4 is 0 Å². The molecule has 0 fully saturated rings. The van der Waals surface area contributed by atoms with Gasteiger partial charge in [0.15, 0.2) is 5.69 Å². The van der Waals surface area contributed by atoms with Crippen LogP contribution in [0.2, 0.25) is 0 Å². The molecule has 9 aromatic carbocycles. The van der Waals surface area contributed by atoms with Gasteiger partial charge < -0.3 is 0 Å². The molecule has 0 heterocycles. The zero-order valence-electron chi connectivity index (χ0n) is 27.8. The standard InChI is InChI=1S/C49H25N3/c1-52-48-16-7-6-13-36(48)42-24-41-35-12-5-4-11-34(35)40(32-10-3-2-9-31(32)28-51)23-45(41)47-26-44-39-22-21-33(30-19-17-29(27-50)18-20-30)37-14-8-15-38(49(37)39)43(44)25-46(42)47/h2-26H. The fourth-order valence-corrected chi connectivity index (χ4v) is 8.38. The van der Waals surface area contributed by atoms with E-state index >= 15 is 0 Å². The molecule has 0 aromatic heterocycles. The maximum atomic E-state index is 10.1. The van der Waals surface area contributed by atoms with Crippen molar-refractivity contribution in [2.24, 2.45) is 0 Å². The molecule has 3 heteroatoms. The molecule has 0 spiro atoms. The third-order valence-electron chi connectivity index (χ3n) is 10.7. The van der Waals surface area contributed by atoms with Gasteiger partial charge in [0.05, 0.1) is 29.8 Å². The largest absolute Gasteiger partial charge is 0.238 e. The minimum Gasteiger partial charge on any atom is -0.238 e. The van der Waals surface area contributed by atoms with Crippen LogP contribution in [0.4, 0.5) is 5.69 Å². The molecule has 236 valence electrons. The van der Waals surface area contributed by atoms with Gasteiger partial charge in [-0.1, -0.05) is 109 Å². The average Bonchev–Trinajstić information content (AvgIpc) is 3.53. The summed E-state index contributed by atoms with van der Waals surface area (Å²) < 4.78 is 0. The Morgan fingerprint density at radius 3 is 1.71 bits per heavy atom. The quantitative estimate of drug-likeness (QED) is 0.140. The lowest BCUT2D eigenvalue weighted by Crippen LogP contribution is -1.91. The predicted octanol–water partition coefficient (Wildman–Crippen LogP) is 13.2. The fourth-order valence-electron chi connectivity index (χ4n) is 8.38. The Bertz CT molecular complexity index is 3150. The van der Waals surface area contributed by atoms with Crippen molar-refractivity contribution in [3.05, 3.63) is 174 Å². The lowest BCUT2D eigenvalue weighted by molar-refractivity contribution is 1.48. The molecule has 0 saturated carbocycles. The first-order chi connectivity index (χ1) is 25.7. The summed E-state index contributed by atoms with van der Waals surface area (Å²) in [7, 11) is 0. The third-order valence-corrected chi connectivity index (χ3v) is 10.7. The van der Waals surface area contributed by atoms with Crippen molar-refractivity contribution in [1.29, 1.82) is 10.5 Å². The summed E-state index contributed by atoms with van der Waals surface area (Å²) in [5, 5.41) is 28.5. The second-order valence-corrected chi connectivity index (χ2v) is 13.3. The van der Waals surface area contributed by atoms with Crippen molar-refractivity contribution in [3.63, 3.8) is 0 Å². The summed E-state index contributed by atoms with van der Waals surface area (Å²) in [4.78, 5) is 3.96. The SMILES string of the molecule is [C-]#[N+]c1ccccc1-c1cc2c3ccccc3c(-c3ccccc3C#N)cc2c2cc3c(cc12)-c1cccc2c(-c4ccc(C#N)cc4)ccc-3c12. The van der Waals surface area contributed by atoms with Gasteiger partial charge in [-0.3, -0.25) is 0 Å². The molecule has 9 aromatic rings. The normalized spacial score (nSPS) is 11.4. The Morgan fingerprint density at radius 1 is 0.385 bits per heavy atom. The average molecular weight is 656 g/mol. The second kappa shape index (κ2) is 11.3. The summed E-state index contributed by atoms with van der Waals surface area (Å²) in [6, 6.07) is 56.8. The minimum atomic E-state index is 0.616. The van der Waals surface area contributed by atoms with Crippen molar-refractivity contribution in [2.75, 3.05) is 0 Å². The summed E-state index contributed by atoms with van der Waals surface area (Å²) >= 11 is 0. The van der Waals surface area contributed by atoms with E-state index in [2.05, 4.69) is 102 Å². The van der Waals surface area contributed by atoms with Gasteiger partial charge in [0, 0.05) is 5.56 Å². The van der Waals surface area contributed by atoms with Crippen LogP contribution in [-0.2, 0) is 0 Å². The number of hydrogen-bond acceptors (Lipinski definition) is 2. The third kappa shape index (κ3) is 4.17. The van der Waals surface area contributed by atoms with E-state index in [1.165, 1.54) is 33.0 Å². The highest BCUT2D eigenvalue weighted by atomic mass is 14.6. The number of nitriles is 2. The highest BCUT2D eigenvalue weighted by Gasteiger charge is 2.26. The first-order valence-corrected chi connectivity index (χ1v) is 17.2. The van der Waals surface area contributed by atoms with Gasteiger partial charge >= 0.3 is 0 Å². The number of nitrogens with zero attached hydrogens (tertiary/aromatic N) is 3. The summed E-state index contributed by atoms with van der Waals surface area (Å²) in [5.41, 5.74) is 12.7. The smallest absolute Gasteiger partial charge is 0.194 e. The van der Waals surface area contributed by atoms with E-state index in [-0.39, 0.29) is 0 Å². The van der Waals surface area contributed by atoms with E-state index in [4.69, 9.17) is 6.57 Å². The highest BCUT2D eigenvalue weighted by Crippen LogP contribution is 2.53. The number of para-hydroxylation sites is 1. The molecule has 0 saturated heterocycles. The molecule has 3 nitrogen and oxygen atoms in total.